The summed E-state index contributed by atoms with van der Waals surface area (Å²) < 4.78 is 1.96. The van der Waals surface area contributed by atoms with Gasteiger partial charge in [-0.3, -0.25) is 4.68 Å². The minimum absolute atomic E-state index is 0.564. The smallest absolute Gasteiger partial charge is 0.0562 e. The van der Waals surface area contributed by atoms with Gasteiger partial charge in [-0.25, -0.2) is 0 Å². The van der Waals surface area contributed by atoms with Gasteiger partial charge in [-0.05, 0) is 25.3 Å². The highest BCUT2D eigenvalue weighted by atomic mass is 15.3. The second kappa shape index (κ2) is 7.37. The van der Waals surface area contributed by atoms with Crippen LogP contribution in [0.2, 0.25) is 0 Å². The predicted octanol–water partition coefficient (Wildman–Crippen LogP) is 3.19. The van der Waals surface area contributed by atoms with Gasteiger partial charge in [-0.2, -0.15) is 5.10 Å². The molecule has 1 aromatic rings. The Morgan fingerprint density at radius 1 is 1.39 bits per heavy atom. The van der Waals surface area contributed by atoms with E-state index in [4.69, 9.17) is 0 Å². The molecule has 0 aliphatic carbocycles. The number of aromatic nitrogens is 2. The molecule has 0 unspecified atom stereocenters. The van der Waals surface area contributed by atoms with E-state index >= 15 is 0 Å². The lowest BCUT2D eigenvalue weighted by atomic mass is 10.0. The third kappa shape index (κ3) is 5.05. The van der Waals surface area contributed by atoms with Crippen LogP contribution in [0, 0.1) is 11.8 Å². The summed E-state index contributed by atoms with van der Waals surface area (Å²) in [5.74, 6) is 1.26. The topological polar surface area (TPSA) is 29.9 Å². The first kappa shape index (κ1) is 15.0. The van der Waals surface area contributed by atoms with Crippen molar-refractivity contribution in [2.24, 2.45) is 11.8 Å². The Morgan fingerprint density at radius 3 is 2.61 bits per heavy atom. The molecule has 1 N–H and O–H groups in total. The minimum atomic E-state index is 0.564. The van der Waals surface area contributed by atoms with Gasteiger partial charge in [0.2, 0.25) is 0 Å². The van der Waals surface area contributed by atoms with Gasteiger partial charge in [0.25, 0.3) is 0 Å². The maximum absolute atomic E-state index is 4.31. The number of hydrogen-bond donors (Lipinski definition) is 1. The van der Waals surface area contributed by atoms with Crippen molar-refractivity contribution < 1.29 is 0 Å². The number of hydrogen-bond acceptors (Lipinski definition) is 2. The van der Waals surface area contributed by atoms with E-state index in [0.717, 1.165) is 19.6 Å². The first-order valence-electron chi connectivity index (χ1n) is 6.96. The molecule has 3 heteroatoms. The zero-order chi connectivity index (χ0) is 13.5. The number of rotatable bonds is 7. The Hall–Kier alpha value is -1.09. The third-order valence-corrected chi connectivity index (χ3v) is 2.95. The zero-order valence-corrected chi connectivity index (χ0v) is 12.4. The largest absolute Gasteiger partial charge is 0.313 e. The zero-order valence-electron chi connectivity index (χ0n) is 12.4. The summed E-state index contributed by atoms with van der Waals surface area (Å²) in [4.78, 5) is 0. The first-order chi connectivity index (χ1) is 8.52. The standard InChI is InChI=1S/C15H27N3/c1-6-18-11-14(9-17-18)7-15(13(4)5)10-16-8-12(2)3/h7,9,11-13,16H,6,8,10H2,1-5H3/b15-7-. The van der Waals surface area contributed by atoms with Gasteiger partial charge in [0.1, 0.15) is 0 Å². The average molecular weight is 249 g/mol. The van der Waals surface area contributed by atoms with Crippen molar-refractivity contribution in [2.45, 2.75) is 41.2 Å². The molecule has 0 aliphatic rings. The normalized spacial score (nSPS) is 12.7. The fraction of sp³-hybridized carbons (Fsp3) is 0.667. The van der Waals surface area contributed by atoms with E-state index in [1.807, 2.05) is 10.9 Å². The summed E-state index contributed by atoms with van der Waals surface area (Å²) >= 11 is 0. The van der Waals surface area contributed by atoms with Crippen molar-refractivity contribution in [3.63, 3.8) is 0 Å². The second-order valence-electron chi connectivity index (χ2n) is 5.53. The molecule has 0 aliphatic heterocycles. The summed E-state index contributed by atoms with van der Waals surface area (Å²) in [6, 6.07) is 0. The molecule has 1 heterocycles. The third-order valence-electron chi connectivity index (χ3n) is 2.95. The molecule has 102 valence electrons. The summed E-state index contributed by atoms with van der Waals surface area (Å²) in [5.41, 5.74) is 2.64. The van der Waals surface area contributed by atoms with Crippen molar-refractivity contribution in [3.8, 4) is 0 Å². The number of aryl methyl sites for hydroxylation is 1. The Kier molecular flexibility index (Phi) is 6.13. The van der Waals surface area contributed by atoms with Gasteiger partial charge in [0, 0.05) is 24.8 Å². The molecule has 0 spiro atoms. The Labute approximate surface area is 111 Å². The minimum Gasteiger partial charge on any atom is -0.313 e. The van der Waals surface area contributed by atoms with E-state index in [1.165, 1.54) is 11.1 Å². The van der Waals surface area contributed by atoms with Crippen LogP contribution in [0.15, 0.2) is 18.0 Å². The molecule has 3 nitrogen and oxygen atoms in total. The van der Waals surface area contributed by atoms with E-state index in [-0.39, 0.29) is 0 Å². The second-order valence-corrected chi connectivity index (χ2v) is 5.53. The maximum atomic E-state index is 4.31. The molecule has 1 rings (SSSR count). The molecule has 0 saturated heterocycles. The molecule has 0 fully saturated rings. The maximum Gasteiger partial charge on any atom is 0.0562 e. The van der Waals surface area contributed by atoms with Crippen LogP contribution in [0.3, 0.4) is 0 Å². The lowest BCUT2D eigenvalue weighted by Crippen LogP contribution is -2.23. The monoisotopic (exact) mass is 249 g/mol. The van der Waals surface area contributed by atoms with E-state index in [0.29, 0.717) is 11.8 Å². The molecule has 1 aromatic heterocycles. The average Bonchev–Trinajstić information content (AvgIpc) is 2.74. The van der Waals surface area contributed by atoms with Crippen molar-refractivity contribution in [3.05, 3.63) is 23.5 Å². The van der Waals surface area contributed by atoms with Gasteiger partial charge < -0.3 is 5.32 Å². The van der Waals surface area contributed by atoms with Crippen molar-refractivity contribution in [1.29, 1.82) is 0 Å². The van der Waals surface area contributed by atoms with E-state index < -0.39 is 0 Å². The highest BCUT2D eigenvalue weighted by Crippen LogP contribution is 2.13. The summed E-state index contributed by atoms with van der Waals surface area (Å²) in [6.45, 7) is 14.0. The molecule has 0 bridgehead atoms. The van der Waals surface area contributed by atoms with Crippen molar-refractivity contribution >= 4 is 6.08 Å². The highest BCUT2D eigenvalue weighted by Gasteiger charge is 2.05. The molecule has 0 amide bonds. The van der Waals surface area contributed by atoms with Crippen LogP contribution in [0.4, 0.5) is 0 Å². The molecule has 0 atom stereocenters. The highest BCUT2D eigenvalue weighted by molar-refractivity contribution is 5.51. The summed E-state index contributed by atoms with van der Waals surface area (Å²) in [7, 11) is 0. The van der Waals surface area contributed by atoms with Crippen LogP contribution in [-0.2, 0) is 6.54 Å². The summed E-state index contributed by atoms with van der Waals surface area (Å²) in [6.07, 6.45) is 6.30. The van der Waals surface area contributed by atoms with Crippen LogP contribution < -0.4 is 5.32 Å². The molecule has 0 radical (unpaired) electrons. The molecule has 0 saturated carbocycles. The Balaban J connectivity index is 2.65. The summed E-state index contributed by atoms with van der Waals surface area (Å²) in [5, 5.41) is 7.82. The van der Waals surface area contributed by atoms with Crippen LogP contribution >= 0.6 is 0 Å². The van der Waals surface area contributed by atoms with Gasteiger partial charge in [-0.15, -0.1) is 0 Å². The van der Waals surface area contributed by atoms with Crippen LogP contribution in [0.1, 0.15) is 40.2 Å². The lowest BCUT2D eigenvalue weighted by Gasteiger charge is -2.13. The molecular weight excluding hydrogens is 222 g/mol. The van der Waals surface area contributed by atoms with Crippen LogP contribution in [-0.4, -0.2) is 22.9 Å². The fourth-order valence-electron chi connectivity index (χ4n) is 1.77. The van der Waals surface area contributed by atoms with Gasteiger partial charge in [-0.1, -0.05) is 39.3 Å². The van der Waals surface area contributed by atoms with Crippen molar-refractivity contribution in [1.82, 2.24) is 15.1 Å². The van der Waals surface area contributed by atoms with Gasteiger partial charge in [0.05, 0.1) is 6.20 Å². The molecule has 18 heavy (non-hydrogen) atoms. The molecule has 0 aromatic carbocycles. The molecular formula is C15H27N3. The quantitative estimate of drug-likeness (QED) is 0.804. The van der Waals surface area contributed by atoms with Gasteiger partial charge in [0.15, 0.2) is 0 Å². The SMILES string of the molecule is CCn1cc(/C=C(/CNCC(C)C)C(C)C)cn1. The number of nitrogens with zero attached hydrogens (tertiary/aromatic N) is 2. The van der Waals surface area contributed by atoms with Crippen molar-refractivity contribution in [2.75, 3.05) is 13.1 Å². The van der Waals surface area contributed by atoms with E-state index in [9.17, 15) is 0 Å². The predicted molar refractivity (Wildman–Crippen MR) is 78.4 cm³/mol. The first-order valence-corrected chi connectivity index (χ1v) is 6.96. The Morgan fingerprint density at radius 2 is 2.11 bits per heavy atom. The lowest BCUT2D eigenvalue weighted by molar-refractivity contribution is 0.558. The van der Waals surface area contributed by atoms with Crippen LogP contribution in [0.5, 0.6) is 0 Å². The van der Waals surface area contributed by atoms with E-state index in [2.05, 4.69) is 57.3 Å². The number of nitrogens with one attached hydrogen (secondary N) is 1. The van der Waals surface area contributed by atoms with Crippen LogP contribution in [0.25, 0.3) is 6.08 Å². The van der Waals surface area contributed by atoms with Gasteiger partial charge >= 0.3 is 0 Å². The fourth-order valence-corrected chi connectivity index (χ4v) is 1.77. The Bertz CT molecular complexity index is 375. The van der Waals surface area contributed by atoms with E-state index in [1.54, 1.807) is 0 Å².